The highest BCUT2D eigenvalue weighted by atomic mass is 16.8. The van der Waals surface area contributed by atoms with Crippen LogP contribution in [0.2, 0.25) is 0 Å². The summed E-state index contributed by atoms with van der Waals surface area (Å²) in [6.07, 6.45) is 0.532. The van der Waals surface area contributed by atoms with Crippen molar-refractivity contribution in [2.75, 3.05) is 0 Å². The molecule has 1 heterocycles. The smallest absolute Gasteiger partial charge is 0.407 e. The quantitative estimate of drug-likeness (QED) is 0.534. The second-order valence-electron chi connectivity index (χ2n) is 1.50. The van der Waals surface area contributed by atoms with Crippen molar-refractivity contribution < 1.29 is 14.4 Å². The van der Waals surface area contributed by atoms with Crippen molar-refractivity contribution in [3.05, 3.63) is 0 Å². The average Bonchev–Trinajstić information content (AvgIpc) is 2.15. The summed E-state index contributed by atoms with van der Waals surface area (Å²) in [6.45, 7) is 0. The van der Waals surface area contributed by atoms with E-state index in [1.54, 1.807) is 0 Å². The number of carbonyl (C=O) groups excluding carboxylic acids is 1. The van der Waals surface area contributed by atoms with Gasteiger partial charge in [-0.2, -0.15) is 0 Å². The van der Waals surface area contributed by atoms with Crippen LogP contribution in [-0.2, 0) is 9.57 Å². The first-order chi connectivity index (χ1) is 4.29. The van der Waals surface area contributed by atoms with Gasteiger partial charge in [0.05, 0.1) is 12.6 Å². The van der Waals surface area contributed by atoms with E-state index in [0.29, 0.717) is 6.42 Å². The Labute approximate surface area is 51.4 Å². The summed E-state index contributed by atoms with van der Waals surface area (Å²) in [5, 5.41) is 3.36. The lowest BCUT2D eigenvalue weighted by atomic mass is 10.5. The summed E-state index contributed by atoms with van der Waals surface area (Å²) in [5.41, 5.74) is 4.68. The van der Waals surface area contributed by atoms with Crippen molar-refractivity contribution >= 4 is 12.3 Å². The number of oxime groups is 1. The van der Waals surface area contributed by atoms with Crippen LogP contribution in [0.15, 0.2) is 5.16 Å². The van der Waals surface area contributed by atoms with Crippen molar-refractivity contribution in [2.45, 2.75) is 12.7 Å². The van der Waals surface area contributed by atoms with E-state index in [1.807, 2.05) is 0 Å². The molecule has 1 aliphatic rings. The Kier molecular flexibility index (Phi) is 1.53. The van der Waals surface area contributed by atoms with Crippen LogP contribution in [0.25, 0.3) is 0 Å². The van der Waals surface area contributed by atoms with Gasteiger partial charge < -0.3 is 15.3 Å². The molecule has 0 aromatic rings. The number of amides is 1. The Balaban J connectivity index is 2.22. The van der Waals surface area contributed by atoms with Gasteiger partial charge in [-0.15, -0.1) is 0 Å². The van der Waals surface area contributed by atoms with Crippen LogP contribution in [0.3, 0.4) is 0 Å². The maximum Gasteiger partial charge on any atom is 0.407 e. The second kappa shape index (κ2) is 2.34. The van der Waals surface area contributed by atoms with Crippen molar-refractivity contribution in [1.29, 1.82) is 0 Å². The highest BCUT2D eigenvalue weighted by molar-refractivity contribution is 5.66. The molecule has 5 nitrogen and oxygen atoms in total. The van der Waals surface area contributed by atoms with Crippen molar-refractivity contribution in [3.63, 3.8) is 0 Å². The molecule has 0 radical (unpaired) electrons. The molecular weight excluding hydrogens is 124 g/mol. The molecule has 0 bridgehead atoms. The molecule has 0 fully saturated rings. The molecule has 0 spiro atoms. The molecule has 2 N–H and O–H groups in total. The minimum Gasteiger partial charge on any atom is -0.407 e. The van der Waals surface area contributed by atoms with Gasteiger partial charge in [0, 0.05) is 0 Å². The average molecular weight is 130 g/mol. The maximum atomic E-state index is 10.0. The van der Waals surface area contributed by atoms with E-state index in [4.69, 9.17) is 0 Å². The van der Waals surface area contributed by atoms with Crippen LogP contribution in [0, 0.1) is 0 Å². The predicted molar refractivity (Wildman–Crippen MR) is 28.7 cm³/mol. The lowest BCUT2D eigenvalue weighted by Crippen LogP contribution is -2.21. The Morgan fingerprint density at radius 2 is 2.78 bits per heavy atom. The summed E-state index contributed by atoms with van der Waals surface area (Å²) in [4.78, 5) is 14.5. The third-order valence-corrected chi connectivity index (χ3v) is 0.798. The van der Waals surface area contributed by atoms with Gasteiger partial charge in [-0.1, -0.05) is 5.16 Å². The fourth-order valence-corrected chi connectivity index (χ4v) is 0.482. The van der Waals surface area contributed by atoms with Crippen molar-refractivity contribution in [3.8, 4) is 0 Å². The molecule has 5 heteroatoms. The largest absolute Gasteiger partial charge is 0.407 e. The topological polar surface area (TPSA) is 73.9 Å². The van der Waals surface area contributed by atoms with Gasteiger partial charge in [-0.3, -0.25) is 0 Å². The minimum atomic E-state index is -0.842. The number of rotatable bonds is 1. The zero-order valence-electron chi connectivity index (χ0n) is 4.61. The third kappa shape index (κ3) is 1.60. The Hall–Kier alpha value is -1.26. The minimum absolute atomic E-state index is 0.475. The first kappa shape index (κ1) is 5.87. The molecule has 0 aromatic carbocycles. The lowest BCUT2D eigenvalue weighted by molar-refractivity contribution is -0.0807. The van der Waals surface area contributed by atoms with Crippen molar-refractivity contribution in [2.24, 2.45) is 10.9 Å². The number of nitrogens with zero attached hydrogens (tertiary/aromatic N) is 1. The molecule has 9 heavy (non-hydrogen) atoms. The molecule has 0 aliphatic carbocycles. The van der Waals surface area contributed by atoms with Crippen LogP contribution < -0.4 is 5.73 Å². The predicted octanol–water partition coefficient (Wildman–Crippen LogP) is -0.186. The van der Waals surface area contributed by atoms with Crippen LogP contribution in [-0.4, -0.2) is 18.6 Å². The number of ether oxygens (including phenoxy) is 1. The lowest BCUT2D eigenvalue weighted by Gasteiger charge is -2.05. The van der Waals surface area contributed by atoms with Gasteiger partial charge >= 0.3 is 6.09 Å². The highest BCUT2D eigenvalue weighted by Crippen LogP contribution is 2.04. The van der Waals surface area contributed by atoms with Crippen LogP contribution >= 0.6 is 0 Å². The van der Waals surface area contributed by atoms with Gasteiger partial charge in [0.25, 0.3) is 6.29 Å². The normalized spacial score (nSPS) is 23.3. The molecule has 1 unspecified atom stereocenters. The molecule has 1 amide bonds. The van der Waals surface area contributed by atoms with Gasteiger partial charge in [-0.25, -0.2) is 4.79 Å². The summed E-state index contributed by atoms with van der Waals surface area (Å²) in [7, 11) is 0. The van der Waals surface area contributed by atoms with Gasteiger partial charge in [0.15, 0.2) is 0 Å². The molecular formula is C4H6N2O3. The van der Waals surface area contributed by atoms with E-state index in [-0.39, 0.29) is 0 Å². The molecule has 0 saturated carbocycles. The Bertz CT molecular complexity index is 137. The summed E-state index contributed by atoms with van der Waals surface area (Å²) >= 11 is 0. The van der Waals surface area contributed by atoms with E-state index in [2.05, 4.69) is 20.5 Å². The van der Waals surface area contributed by atoms with Gasteiger partial charge in [0.2, 0.25) is 0 Å². The van der Waals surface area contributed by atoms with E-state index in [1.165, 1.54) is 6.21 Å². The molecule has 1 atom stereocenters. The monoisotopic (exact) mass is 130 g/mol. The van der Waals surface area contributed by atoms with Crippen LogP contribution in [0.4, 0.5) is 4.79 Å². The highest BCUT2D eigenvalue weighted by Gasteiger charge is 2.15. The first-order valence-corrected chi connectivity index (χ1v) is 2.43. The number of primary amides is 1. The van der Waals surface area contributed by atoms with Crippen LogP contribution in [0.1, 0.15) is 6.42 Å². The summed E-state index contributed by atoms with van der Waals surface area (Å²) < 4.78 is 4.40. The Morgan fingerprint density at radius 3 is 3.22 bits per heavy atom. The number of nitrogens with two attached hydrogens (primary N) is 1. The number of hydrogen-bond donors (Lipinski definition) is 1. The standard InChI is InChI=1S/C4H6N2O3/c5-4(7)8-3-1-2-6-9-3/h2-3H,1H2,(H2,5,7). The van der Waals surface area contributed by atoms with E-state index < -0.39 is 12.4 Å². The molecule has 0 aromatic heterocycles. The first-order valence-electron chi connectivity index (χ1n) is 2.43. The second-order valence-corrected chi connectivity index (χ2v) is 1.50. The van der Waals surface area contributed by atoms with Crippen molar-refractivity contribution in [1.82, 2.24) is 0 Å². The zero-order chi connectivity index (χ0) is 6.69. The van der Waals surface area contributed by atoms with E-state index in [0.717, 1.165) is 0 Å². The van der Waals surface area contributed by atoms with Gasteiger partial charge in [-0.05, 0) is 0 Å². The maximum absolute atomic E-state index is 10.0. The molecule has 1 aliphatic heterocycles. The molecule has 50 valence electrons. The van der Waals surface area contributed by atoms with Crippen LogP contribution in [0.5, 0.6) is 0 Å². The fourth-order valence-electron chi connectivity index (χ4n) is 0.482. The number of hydrogen-bond acceptors (Lipinski definition) is 4. The fraction of sp³-hybridized carbons (Fsp3) is 0.500. The zero-order valence-corrected chi connectivity index (χ0v) is 4.61. The van der Waals surface area contributed by atoms with E-state index >= 15 is 0 Å². The summed E-state index contributed by atoms with van der Waals surface area (Å²) in [5.74, 6) is 0. The molecule has 1 rings (SSSR count). The SMILES string of the molecule is NC(=O)OC1CC=NO1. The summed E-state index contributed by atoms with van der Waals surface area (Å²) in [6, 6.07) is 0. The van der Waals surface area contributed by atoms with E-state index in [9.17, 15) is 4.79 Å². The Morgan fingerprint density at radius 1 is 2.00 bits per heavy atom. The third-order valence-electron chi connectivity index (χ3n) is 0.798. The van der Waals surface area contributed by atoms with Gasteiger partial charge in [0.1, 0.15) is 0 Å². The molecule has 0 saturated heterocycles. The number of carbonyl (C=O) groups is 1.